The highest BCUT2D eigenvalue weighted by Crippen LogP contribution is 2.37. The molecule has 4 nitrogen and oxygen atoms in total. The number of phenols is 1. The summed E-state index contributed by atoms with van der Waals surface area (Å²) < 4.78 is 10.5. The lowest BCUT2D eigenvalue weighted by molar-refractivity contribution is 0.155. The fourth-order valence-electron chi connectivity index (χ4n) is 3.22. The molecule has 4 heteroatoms. The first-order chi connectivity index (χ1) is 10.2. The number of ether oxygens (including phenoxy) is 2. The lowest BCUT2D eigenvalue weighted by Gasteiger charge is -2.33. The molecule has 118 valence electrons. The van der Waals surface area contributed by atoms with Gasteiger partial charge in [-0.25, -0.2) is 0 Å². The van der Waals surface area contributed by atoms with Crippen LogP contribution in [0.3, 0.4) is 0 Å². The van der Waals surface area contributed by atoms with Crippen molar-refractivity contribution in [2.75, 3.05) is 20.8 Å². The Morgan fingerprint density at radius 3 is 2.14 bits per heavy atom. The lowest BCUT2D eigenvalue weighted by Crippen LogP contribution is -2.36. The van der Waals surface area contributed by atoms with E-state index in [4.69, 9.17) is 9.47 Å². The van der Waals surface area contributed by atoms with Gasteiger partial charge >= 0.3 is 0 Å². The third-order valence-corrected chi connectivity index (χ3v) is 4.42. The minimum absolute atomic E-state index is 0.0736. The van der Waals surface area contributed by atoms with Crippen molar-refractivity contribution < 1.29 is 14.6 Å². The van der Waals surface area contributed by atoms with E-state index in [9.17, 15) is 5.11 Å². The zero-order chi connectivity index (χ0) is 15.2. The third kappa shape index (κ3) is 3.82. The molecule has 0 bridgehead atoms. The summed E-state index contributed by atoms with van der Waals surface area (Å²) in [5.74, 6) is 1.03. The Hall–Kier alpha value is -1.42. The molecule has 1 aliphatic carbocycles. The van der Waals surface area contributed by atoms with E-state index >= 15 is 0 Å². The molecular weight excluding hydrogens is 266 g/mol. The monoisotopic (exact) mass is 293 g/mol. The van der Waals surface area contributed by atoms with Gasteiger partial charge in [-0.3, -0.25) is 4.90 Å². The predicted octanol–water partition coefficient (Wildman–Crippen LogP) is 3.56. The molecule has 0 spiro atoms. The Kier molecular flexibility index (Phi) is 5.74. The number of aromatic hydroxyl groups is 1. The van der Waals surface area contributed by atoms with Crippen LogP contribution in [0.25, 0.3) is 0 Å². The second kappa shape index (κ2) is 7.55. The highest BCUT2D eigenvalue weighted by Gasteiger charge is 2.21. The van der Waals surface area contributed by atoms with Crippen molar-refractivity contribution in [1.29, 1.82) is 0 Å². The molecule has 1 fully saturated rings. The maximum atomic E-state index is 9.99. The van der Waals surface area contributed by atoms with Crippen molar-refractivity contribution >= 4 is 0 Å². The maximum Gasteiger partial charge on any atom is 0.200 e. The van der Waals surface area contributed by atoms with E-state index in [0.29, 0.717) is 17.5 Å². The van der Waals surface area contributed by atoms with Crippen LogP contribution in [0.4, 0.5) is 0 Å². The van der Waals surface area contributed by atoms with E-state index < -0.39 is 0 Å². The van der Waals surface area contributed by atoms with Crippen molar-refractivity contribution in [3.05, 3.63) is 17.7 Å². The minimum atomic E-state index is 0.0736. The Labute approximate surface area is 127 Å². The molecule has 0 atom stereocenters. The van der Waals surface area contributed by atoms with Crippen molar-refractivity contribution in [3.63, 3.8) is 0 Å². The van der Waals surface area contributed by atoms with Crippen molar-refractivity contribution in [3.8, 4) is 17.2 Å². The Morgan fingerprint density at radius 2 is 1.67 bits per heavy atom. The largest absolute Gasteiger partial charge is 0.502 e. The summed E-state index contributed by atoms with van der Waals surface area (Å²) in [6.07, 6.45) is 6.63. The van der Waals surface area contributed by atoms with Crippen LogP contribution in [0.2, 0.25) is 0 Å². The summed E-state index contributed by atoms with van der Waals surface area (Å²) in [6.45, 7) is 4.12. The van der Waals surface area contributed by atoms with Crippen LogP contribution in [0.15, 0.2) is 12.1 Å². The van der Waals surface area contributed by atoms with Crippen LogP contribution in [-0.2, 0) is 6.54 Å². The standard InChI is InChI=1S/C17H27NO3/c1-4-18(14-8-6-5-7-9-14)12-13-10-15(20-2)17(19)16(11-13)21-3/h10-11,14,19H,4-9,12H2,1-3H3. The molecule has 1 saturated carbocycles. The molecule has 0 radical (unpaired) electrons. The quantitative estimate of drug-likeness (QED) is 0.870. The summed E-state index contributed by atoms with van der Waals surface area (Å²) in [6, 6.07) is 4.49. The van der Waals surface area contributed by atoms with Crippen molar-refractivity contribution in [1.82, 2.24) is 4.90 Å². The summed E-state index contributed by atoms with van der Waals surface area (Å²) in [7, 11) is 3.13. The van der Waals surface area contributed by atoms with E-state index in [1.54, 1.807) is 14.2 Å². The molecule has 2 rings (SSSR count). The highest BCUT2D eigenvalue weighted by atomic mass is 16.5. The van der Waals surface area contributed by atoms with Gasteiger partial charge in [-0.2, -0.15) is 0 Å². The van der Waals surface area contributed by atoms with Gasteiger partial charge in [-0.1, -0.05) is 26.2 Å². The molecule has 0 saturated heterocycles. The van der Waals surface area contributed by atoms with Gasteiger partial charge in [0.1, 0.15) is 0 Å². The summed E-state index contributed by atoms with van der Waals surface area (Å²) >= 11 is 0. The molecule has 1 aromatic carbocycles. The molecule has 0 heterocycles. The van der Waals surface area contributed by atoms with Gasteiger partial charge in [0.05, 0.1) is 14.2 Å². The molecule has 0 aromatic heterocycles. The number of phenolic OH excluding ortho intramolecular Hbond substituents is 1. The first kappa shape index (κ1) is 16.0. The van der Waals surface area contributed by atoms with Crippen LogP contribution in [0, 0.1) is 0 Å². The summed E-state index contributed by atoms with van der Waals surface area (Å²) in [5, 5.41) is 9.99. The van der Waals surface area contributed by atoms with Crippen LogP contribution in [0.5, 0.6) is 17.2 Å². The van der Waals surface area contributed by atoms with E-state index in [0.717, 1.165) is 18.7 Å². The molecular formula is C17H27NO3. The van der Waals surface area contributed by atoms with Gasteiger partial charge in [0.2, 0.25) is 5.75 Å². The normalized spacial score (nSPS) is 16.2. The Bertz CT molecular complexity index is 430. The summed E-state index contributed by atoms with van der Waals surface area (Å²) in [5.41, 5.74) is 1.12. The van der Waals surface area contributed by atoms with Gasteiger partial charge in [0.15, 0.2) is 11.5 Å². The first-order valence-corrected chi connectivity index (χ1v) is 7.87. The van der Waals surface area contributed by atoms with Crippen molar-refractivity contribution in [2.24, 2.45) is 0 Å². The molecule has 21 heavy (non-hydrogen) atoms. The topological polar surface area (TPSA) is 41.9 Å². The van der Waals surface area contributed by atoms with E-state index in [-0.39, 0.29) is 5.75 Å². The lowest BCUT2D eigenvalue weighted by atomic mass is 9.94. The highest BCUT2D eigenvalue weighted by molar-refractivity contribution is 5.52. The summed E-state index contributed by atoms with van der Waals surface area (Å²) in [4.78, 5) is 2.52. The number of methoxy groups -OCH3 is 2. The van der Waals surface area contributed by atoms with E-state index in [1.165, 1.54) is 32.1 Å². The van der Waals surface area contributed by atoms with Crippen LogP contribution in [-0.4, -0.2) is 36.8 Å². The molecule has 0 aliphatic heterocycles. The van der Waals surface area contributed by atoms with Gasteiger partial charge in [-0.05, 0) is 37.1 Å². The van der Waals surface area contributed by atoms with Gasteiger partial charge in [0, 0.05) is 12.6 Å². The van der Waals surface area contributed by atoms with E-state index in [2.05, 4.69) is 11.8 Å². The SMILES string of the molecule is CCN(Cc1cc(OC)c(O)c(OC)c1)C1CCCCC1. The van der Waals surface area contributed by atoms with Gasteiger partial charge in [-0.15, -0.1) is 0 Å². The fraction of sp³-hybridized carbons (Fsp3) is 0.647. The molecule has 1 aliphatic rings. The average Bonchev–Trinajstić information content (AvgIpc) is 2.54. The maximum absolute atomic E-state index is 9.99. The zero-order valence-electron chi connectivity index (χ0n) is 13.4. The predicted molar refractivity (Wildman–Crippen MR) is 84.2 cm³/mol. The molecule has 0 amide bonds. The Morgan fingerprint density at radius 1 is 1.10 bits per heavy atom. The molecule has 0 unspecified atom stereocenters. The van der Waals surface area contributed by atoms with E-state index in [1.807, 2.05) is 12.1 Å². The zero-order valence-corrected chi connectivity index (χ0v) is 13.4. The number of rotatable bonds is 6. The Balaban J connectivity index is 2.16. The molecule has 1 N–H and O–H groups in total. The van der Waals surface area contributed by atoms with Crippen LogP contribution in [0.1, 0.15) is 44.6 Å². The second-order valence-corrected chi connectivity index (χ2v) is 5.70. The number of hydrogen-bond acceptors (Lipinski definition) is 4. The molecule has 1 aromatic rings. The van der Waals surface area contributed by atoms with Crippen LogP contribution < -0.4 is 9.47 Å². The number of hydrogen-bond donors (Lipinski definition) is 1. The van der Waals surface area contributed by atoms with Gasteiger partial charge in [0.25, 0.3) is 0 Å². The average molecular weight is 293 g/mol. The van der Waals surface area contributed by atoms with Crippen molar-refractivity contribution in [2.45, 2.75) is 51.6 Å². The smallest absolute Gasteiger partial charge is 0.200 e. The number of benzene rings is 1. The van der Waals surface area contributed by atoms with Crippen LogP contribution >= 0.6 is 0 Å². The minimum Gasteiger partial charge on any atom is -0.502 e. The fourth-order valence-corrected chi connectivity index (χ4v) is 3.22. The second-order valence-electron chi connectivity index (χ2n) is 5.70. The first-order valence-electron chi connectivity index (χ1n) is 7.87. The number of nitrogens with zero attached hydrogens (tertiary/aromatic N) is 1. The van der Waals surface area contributed by atoms with Gasteiger partial charge < -0.3 is 14.6 Å². The third-order valence-electron chi connectivity index (χ3n) is 4.42.